The Kier molecular flexibility index (Phi) is 4.81. The first kappa shape index (κ1) is 15.0. The van der Waals surface area contributed by atoms with Gasteiger partial charge in [-0.3, -0.25) is 9.48 Å². The van der Waals surface area contributed by atoms with E-state index in [0.717, 1.165) is 50.0 Å². The van der Waals surface area contributed by atoms with Crippen molar-refractivity contribution in [3.8, 4) is 0 Å². The molecule has 2 heterocycles. The molecule has 1 aliphatic rings. The zero-order valence-electron chi connectivity index (χ0n) is 12.8. The summed E-state index contributed by atoms with van der Waals surface area (Å²) in [6, 6.07) is 0. The Morgan fingerprint density at radius 2 is 2.40 bits per heavy atom. The van der Waals surface area contributed by atoms with Crippen molar-refractivity contribution in [3.63, 3.8) is 0 Å². The zero-order valence-corrected chi connectivity index (χ0v) is 12.8. The average molecular weight is 278 g/mol. The fraction of sp³-hybridized carbons (Fsp3) is 0.733. The number of hydrogen-bond donors (Lipinski definition) is 2. The molecule has 1 aromatic rings. The molecular weight excluding hydrogens is 252 g/mol. The number of aromatic nitrogens is 2. The van der Waals surface area contributed by atoms with E-state index in [0.29, 0.717) is 6.54 Å². The molecule has 1 aromatic heterocycles. The Labute approximate surface area is 121 Å². The van der Waals surface area contributed by atoms with E-state index in [1.165, 1.54) is 0 Å². The lowest BCUT2D eigenvalue weighted by molar-refractivity contribution is -0.132. The molecule has 2 N–H and O–H groups in total. The van der Waals surface area contributed by atoms with Gasteiger partial charge in [-0.2, -0.15) is 5.10 Å². The number of amides is 1. The maximum Gasteiger partial charge on any atom is 0.227 e. The van der Waals surface area contributed by atoms with Crippen LogP contribution in [0.4, 0.5) is 0 Å². The van der Waals surface area contributed by atoms with E-state index in [4.69, 9.17) is 0 Å². The predicted molar refractivity (Wildman–Crippen MR) is 79.2 cm³/mol. The van der Waals surface area contributed by atoms with Crippen LogP contribution < -0.4 is 10.6 Å². The Hall–Kier alpha value is -1.36. The summed E-state index contributed by atoms with van der Waals surface area (Å²) in [7, 11) is 1.92. The molecule has 20 heavy (non-hydrogen) atoms. The monoisotopic (exact) mass is 278 g/mol. The third-order valence-corrected chi connectivity index (χ3v) is 4.46. The Morgan fingerprint density at radius 1 is 1.60 bits per heavy atom. The molecule has 1 saturated heterocycles. The number of hydrogen-bond acceptors (Lipinski definition) is 3. The van der Waals surface area contributed by atoms with Crippen molar-refractivity contribution in [1.82, 2.24) is 20.4 Å². The normalized spacial score (nSPS) is 22.8. The van der Waals surface area contributed by atoms with Gasteiger partial charge in [0.15, 0.2) is 0 Å². The zero-order chi connectivity index (χ0) is 14.6. The minimum atomic E-state index is -0.219. The number of nitrogens with one attached hydrogen (secondary N) is 2. The maximum absolute atomic E-state index is 12.6. The molecule has 5 heteroatoms. The van der Waals surface area contributed by atoms with E-state index in [9.17, 15) is 4.79 Å². The van der Waals surface area contributed by atoms with Gasteiger partial charge in [-0.15, -0.1) is 0 Å². The van der Waals surface area contributed by atoms with Crippen molar-refractivity contribution in [1.29, 1.82) is 0 Å². The van der Waals surface area contributed by atoms with Gasteiger partial charge in [0.2, 0.25) is 5.91 Å². The minimum absolute atomic E-state index is 0.190. The summed E-state index contributed by atoms with van der Waals surface area (Å²) in [4.78, 5) is 12.6. The van der Waals surface area contributed by atoms with Gasteiger partial charge in [-0.25, -0.2) is 0 Å². The highest BCUT2D eigenvalue weighted by Gasteiger charge is 2.38. The lowest BCUT2D eigenvalue weighted by atomic mass is 9.76. The summed E-state index contributed by atoms with van der Waals surface area (Å²) in [6.07, 6.45) is 5.91. The second-order valence-electron chi connectivity index (χ2n) is 5.87. The average Bonchev–Trinajstić information content (AvgIpc) is 2.77. The molecule has 0 spiro atoms. The van der Waals surface area contributed by atoms with Crippen LogP contribution in [-0.2, 0) is 18.4 Å². The summed E-state index contributed by atoms with van der Waals surface area (Å²) in [5.41, 5.74) is 1.98. The van der Waals surface area contributed by atoms with Crippen LogP contribution in [0.25, 0.3) is 0 Å². The van der Waals surface area contributed by atoms with Crippen molar-refractivity contribution in [2.24, 2.45) is 12.5 Å². The number of aryl methyl sites for hydroxylation is 1. The first-order chi connectivity index (χ1) is 9.59. The molecule has 0 bridgehead atoms. The van der Waals surface area contributed by atoms with Crippen LogP contribution in [0.2, 0.25) is 0 Å². The summed E-state index contributed by atoms with van der Waals surface area (Å²) >= 11 is 0. The van der Waals surface area contributed by atoms with E-state index in [-0.39, 0.29) is 11.3 Å². The van der Waals surface area contributed by atoms with Gasteiger partial charge < -0.3 is 10.6 Å². The third-order valence-electron chi connectivity index (χ3n) is 4.46. The molecule has 1 atom stereocenters. The maximum atomic E-state index is 12.6. The molecule has 5 nitrogen and oxygen atoms in total. The predicted octanol–water partition coefficient (Wildman–Crippen LogP) is 1.51. The molecule has 1 amide bonds. The molecule has 0 aromatic carbocycles. The van der Waals surface area contributed by atoms with Crippen LogP contribution in [0.15, 0.2) is 6.20 Å². The molecule has 1 fully saturated rings. The molecule has 1 aliphatic heterocycles. The van der Waals surface area contributed by atoms with E-state index in [1.807, 2.05) is 24.9 Å². The molecule has 112 valence electrons. The van der Waals surface area contributed by atoms with Gasteiger partial charge in [0.1, 0.15) is 0 Å². The van der Waals surface area contributed by atoms with Crippen molar-refractivity contribution < 1.29 is 4.79 Å². The summed E-state index contributed by atoms with van der Waals surface area (Å²) in [6.45, 7) is 6.58. The summed E-state index contributed by atoms with van der Waals surface area (Å²) in [5.74, 6) is 0.190. The van der Waals surface area contributed by atoms with Crippen LogP contribution in [0, 0.1) is 12.3 Å². The first-order valence-electron chi connectivity index (χ1n) is 7.55. The molecule has 0 aliphatic carbocycles. The van der Waals surface area contributed by atoms with Gasteiger partial charge in [0.05, 0.1) is 11.6 Å². The van der Waals surface area contributed by atoms with E-state index in [2.05, 4.69) is 22.7 Å². The largest absolute Gasteiger partial charge is 0.351 e. The van der Waals surface area contributed by atoms with Crippen molar-refractivity contribution in [3.05, 3.63) is 17.5 Å². The number of piperidine rings is 1. The van der Waals surface area contributed by atoms with Crippen LogP contribution in [-0.4, -0.2) is 28.8 Å². The van der Waals surface area contributed by atoms with E-state index >= 15 is 0 Å². The Balaban J connectivity index is 2.00. The van der Waals surface area contributed by atoms with Gasteiger partial charge in [0, 0.05) is 31.4 Å². The number of carbonyl (C=O) groups excluding carboxylic acids is 1. The van der Waals surface area contributed by atoms with Crippen LogP contribution >= 0.6 is 0 Å². The van der Waals surface area contributed by atoms with Crippen molar-refractivity contribution in [2.45, 2.75) is 46.1 Å². The fourth-order valence-electron chi connectivity index (χ4n) is 3.05. The molecular formula is C15H26N4O. The second-order valence-corrected chi connectivity index (χ2v) is 5.87. The highest BCUT2D eigenvalue weighted by molar-refractivity contribution is 5.83. The smallest absolute Gasteiger partial charge is 0.227 e. The van der Waals surface area contributed by atoms with Crippen molar-refractivity contribution in [2.75, 3.05) is 13.1 Å². The molecule has 0 radical (unpaired) electrons. The highest BCUT2D eigenvalue weighted by Crippen LogP contribution is 2.32. The van der Waals surface area contributed by atoms with Gasteiger partial charge in [-0.05, 0) is 32.7 Å². The SMILES string of the molecule is CCCC1(C(=O)NCc2cnn(C)c2C)CCCNC1. The number of carbonyl (C=O) groups is 1. The topological polar surface area (TPSA) is 59.0 Å². The van der Waals surface area contributed by atoms with Crippen LogP contribution in [0.1, 0.15) is 43.9 Å². The quantitative estimate of drug-likeness (QED) is 0.858. The second kappa shape index (κ2) is 6.39. The van der Waals surface area contributed by atoms with Gasteiger partial charge >= 0.3 is 0 Å². The fourth-order valence-corrected chi connectivity index (χ4v) is 3.05. The van der Waals surface area contributed by atoms with Crippen LogP contribution in [0.3, 0.4) is 0 Å². The molecule has 2 rings (SSSR count). The van der Waals surface area contributed by atoms with Crippen molar-refractivity contribution >= 4 is 5.91 Å². The van der Waals surface area contributed by atoms with Crippen LogP contribution in [0.5, 0.6) is 0 Å². The Morgan fingerprint density at radius 3 is 2.95 bits per heavy atom. The number of rotatable bonds is 5. The summed E-state index contributed by atoms with van der Waals surface area (Å²) in [5, 5.41) is 10.7. The minimum Gasteiger partial charge on any atom is -0.351 e. The lowest BCUT2D eigenvalue weighted by Crippen LogP contribution is -2.50. The van der Waals surface area contributed by atoms with E-state index in [1.54, 1.807) is 0 Å². The number of nitrogens with zero attached hydrogens (tertiary/aromatic N) is 2. The summed E-state index contributed by atoms with van der Waals surface area (Å²) < 4.78 is 1.84. The van der Waals surface area contributed by atoms with Gasteiger partial charge in [0.25, 0.3) is 0 Å². The lowest BCUT2D eigenvalue weighted by Gasteiger charge is -2.36. The highest BCUT2D eigenvalue weighted by atomic mass is 16.2. The Bertz CT molecular complexity index is 455. The first-order valence-corrected chi connectivity index (χ1v) is 7.55. The van der Waals surface area contributed by atoms with Gasteiger partial charge in [-0.1, -0.05) is 13.3 Å². The standard InChI is InChI=1S/C15H26N4O/c1-4-6-15(7-5-8-16-11-15)14(20)17-9-13-10-18-19(3)12(13)2/h10,16H,4-9,11H2,1-3H3,(H,17,20). The third kappa shape index (κ3) is 3.03. The molecule has 1 unspecified atom stereocenters. The molecule has 0 saturated carbocycles. The van der Waals surface area contributed by atoms with E-state index < -0.39 is 0 Å².